The van der Waals surface area contributed by atoms with E-state index in [2.05, 4.69) is 39.8 Å². The number of carbonyl (C=O) groups excluding carboxylic acids is 1. The van der Waals surface area contributed by atoms with Gasteiger partial charge in [0.2, 0.25) is 17.7 Å². The van der Waals surface area contributed by atoms with Gasteiger partial charge >= 0.3 is 0 Å². The third-order valence-electron chi connectivity index (χ3n) is 4.99. The quantitative estimate of drug-likeness (QED) is 0.515. The van der Waals surface area contributed by atoms with Gasteiger partial charge in [-0.1, -0.05) is 36.4 Å². The van der Waals surface area contributed by atoms with Crippen molar-refractivity contribution in [1.29, 1.82) is 5.26 Å². The molecule has 148 valence electrons. The first-order chi connectivity index (χ1) is 14.6. The number of rotatable bonds is 6. The van der Waals surface area contributed by atoms with Crippen molar-refractivity contribution in [3.8, 4) is 16.5 Å². The number of pyridine rings is 1. The molecule has 8 heteroatoms. The lowest BCUT2D eigenvalue weighted by Gasteiger charge is -2.06. The second-order valence-electron chi connectivity index (χ2n) is 7.36. The van der Waals surface area contributed by atoms with Crippen LogP contribution in [0.3, 0.4) is 0 Å². The molecule has 4 aromatic rings. The highest BCUT2D eigenvalue weighted by atomic mass is 32.1. The summed E-state index contributed by atoms with van der Waals surface area (Å²) in [5.41, 5.74) is 1.30. The van der Waals surface area contributed by atoms with Crippen LogP contribution in [-0.4, -0.2) is 26.6 Å². The zero-order valence-corrected chi connectivity index (χ0v) is 16.8. The van der Waals surface area contributed by atoms with Crippen molar-refractivity contribution in [3.63, 3.8) is 0 Å². The Morgan fingerprint density at radius 1 is 1.17 bits per heavy atom. The highest BCUT2D eigenvalue weighted by molar-refractivity contribution is 7.21. The minimum atomic E-state index is -0.696. The number of fused-ring (bicyclic) bond motifs is 1. The average molecular weight is 415 g/mol. The Kier molecular flexibility index (Phi) is 4.52. The number of hydrogen-bond donors (Lipinski definition) is 1. The summed E-state index contributed by atoms with van der Waals surface area (Å²) in [6, 6.07) is 18.5. The largest absolute Gasteiger partial charge is 0.424 e. The van der Waals surface area contributed by atoms with Gasteiger partial charge in [-0.05, 0) is 30.5 Å². The number of nitrogens with zero attached hydrogens (tertiary/aromatic N) is 4. The first-order valence-electron chi connectivity index (χ1n) is 9.61. The fourth-order valence-corrected chi connectivity index (χ4v) is 4.28. The number of benzene rings is 1. The second-order valence-corrected chi connectivity index (χ2v) is 8.39. The molecule has 0 aliphatic heterocycles. The van der Waals surface area contributed by atoms with E-state index in [0.717, 1.165) is 15.9 Å². The van der Waals surface area contributed by atoms with Gasteiger partial charge in [0, 0.05) is 10.3 Å². The summed E-state index contributed by atoms with van der Waals surface area (Å²) in [5.74, 6) is 0.363. The Hall–Kier alpha value is -3.57. The summed E-state index contributed by atoms with van der Waals surface area (Å²) in [5, 5.41) is 20.9. The van der Waals surface area contributed by atoms with E-state index in [1.807, 2.05) is 30.3 Å². The number of nitriles is 1. The topological polar surface area (TPSA) is 105 Å². The van der Waals surface area contributed by atoms with Crippen LogP contribution in [0.25, 0.3) is 20.7 Å². The third kappa shape index (κ3) is 3.80. The van der Waals surface area contributed by atoms with Gasteiger partial charge in [-0.25, -0.2) is 4.98 Å². The Morgan fingerprint density at radius 3 is 2.73 bits per heavy atom. The lowest BCUT2D eigenvalue weighted by molar-refractivity contribution is -0.121. The zero-order valence-electron chi connectivity index (χ0n) is 16.0. The molecule has 1 saturated carbocycles. The van der Waals surface area contributed by atoms with E-state index < -0.39 is 5.54 Å². The van der Waals surface area contributed by atoms with Crippen molar-refractivity contribution in [2.45, 2.75) is 31.2 Å². The van der Waals surface area contributed by atoms with Crippen LogP contribution in [-0.2, 0) is 17.6 Å². The molecule has 3 heterocycles. The van der Waals surface area contributed by atoms with Crippen molar-refractivity contribution >= 4 is 27.5 Å². The van der Waals surface area contributed by atoms with E-state index in [-0.39, 0.29) is 18.2 Å². The molecule has 0 atom stereocenters. The molecule has 1 amide bonds. The molecular weight excluding hydrogens is 398 g/mol. The Balaban J connectivity index is 1.28. The lowest BCUT2D eigenvalue weighted by Crippen LogP contribution is -2.36. The van der Waals surface area contributed by atoms with Crippen LogP contribution in [0.2, 0.25) is 0 Å². The zero-order chi connectivity index (χ0) is 20.6. The van der Waals surface area contributed by atoms with Crippen LogP contribution in [0, 0.1) is 11.3 Å². The second kappa shape index (κ2) is 7.35. The summed E-state index contributed by atoms with van der Waals surface area (Å²) in [7, 11) is 0. The van der Waals surface area contributed by atoms with E-state index in [9.17, 15) is 4.79 Å². The van der Waals surface area contributed by atoms with Gasteiger partial charge < -0.3 is 9.73 Å². The molecule has 30 heavy (non-hydrogen) atoms. The molecule has 3 aromatic heterocycles. The average Bonchev–Trinajstić information content (AvgIpc) is 3.18. The van der Waals surface area contributed by atoms with Gasteiger partial charge in [-0.15, -0.1) is 21.5 Å². The smallest absolute Gasteiger partial charge is 0.230 e. The SMILES string of the molecule is N#CC1(NC(=O)Cc2nnc(Cc3ccc4cc(-c5ccccc5)sc4n3)o2)CC1. The predicted octanol–water partition coefficient (Wildman–Crippen LogP) is 3.65. The number of nitrogens with one attached hydrogen (secondary N) is 1. The van der Waals surface area contributed by atoms with Crippen molar-refractivity contribution in [3.05, 3.63) is 66.0 Å². The molecule has 1 N–H and O–H groups in total. The molecule has 0 radical (unpaired) electrons. The van der Waals surface area contributed by atoms with Gasteiger partial charge in [-0.3, -0.25) is 4.79 Å². The van der Waals surface area contributed by atoms with E-state index >= 15 is 0 Å². The first kappa shape index (κ1) is 18.5. The van der Waals surface area contributed by atoms with Crippen LogP contribution in [0.4, 0.5) is 0 Å². The maximum absolute atomic E-state index is 12.1. The molecule has 0 bridgehead atoms. The maximum atomic E-state index is 12.1. The van der Waals surface area contributed by atoms with Crippen molar-refractivity contribution in [2.24, 2.45) is 0 Å². The van der Waals surface area contributed by atoms with E-state index in [4.69, 9.17) is 14.7 Å². The Labute approximate surface area is 176 Å². The van der Waals surface area contributed by atoms with E-state index in [1.54, 1.807) is 11.3 Å². The standard InChI is InChI=1S/C22H17N5O2S/c23-13-22(8-9-22)25-18(28)12-20-27-26-19(29-20)11-16-7-6-15-10-17(30-21(15)24-16)14-4-2-1-3-5-14/h1-7,10H,8-9,11-12H2,(H,25,28). The predicted molar refractivity (Wildman–Crippen MR) is 112 cm³/mol. The molecule has 1 aromatic carbocycles. The molecule has 0 saturated heterocycles. The molecule has 5 rings (SSSR count). The van der Waals surface area contributed by atoms with Crippen LogP contribution in [0.15, 0.2) is 52.9 Å². The summed E-state index contributed by atoms with van der Waals surface area (Å²) in [6.07, 6.45) is 1.74. The fraction of sp³-hybridized carbons (Fsp3) is 0.227. The number of carbonyl (C=O) groups is 1. The Morgan fingerprint density at radius 2 is 1.97 bits per heavy atom. The van der Waals surface area contributed by atoms with Gasteiger partial charge in [0.05, 0.1) is 18.2 Å². The molecule has 1 aliphatic rings. The van der Waals surface area contributed by atoms with Crippen molar-refractivity contribution in [1.82, 2.24) is 20.5 Å². The van der Waals surface area contributed by atoms with Crippen LogP contribution < -0.4 is 5.32 Å². The number of thiophene rings is 1. The molecule has 1 aliphatic carbocycles. The van der Waals surface area contributed by atoms with E-state index in [1.165, 1.54) is 10.4 Å². The molecule has 0 unspecified atom stereocenters. The minimum absolute atomic E-state index is 0.0335. The molecule has 1 fully saturated rings. The minimum Gasteiger partial charge on any atom is -0.424 e. The monoisotopic (exact) mass is 415 g/mol. The van der Waals surface area contributed by atoms with Crippen LogP contribution >= 0.6 is 11.3 Å². The van der Waals surface area contributed by atoms with Crippen LogP contribution in [0.1, 0.15) is 30.3 Å². The normalized spacial score (nSPS) is 14.4. The Bertz CT molecular complexity index is 1270. The van der Waals surface area contributed by atoms with Gasteiger partial charge in [0.15, 0.2) is 0 Å². The summed E-state index contributed by atoms with van der Waals surface area (Å²) >= 11 is 1.64. The van der Waals surface area contributed by atoms with Gasteiger partial charge in [0.1, 0.15) is 16.8 Å². The number of amides is 1. The highest BCUT2D eigenvalue weighted by Crippen LogP contribution is 2.34. The number of hydrogen-bond acceptors (Lipinski definition) is 7. The molecule has 0 spiro atoms. The number of aromatic nitrogens is 3. The summed E-state index contributed by atoms with van der Waals surface area (Å²) in [6.45, 7) is 0. The third-order valence-corrected chi connectivity index (χ3v) is 6.09. The first-order valence-corrected chi connectivity index (χ1v) is 10.4. The highest BCUT2D eigenvalue weighted by Gasteiger charge is 2.44. The van der Waals surface area contributed by atoms with Crippen molar-refractivity contribution in [2.75, 3.05) is 0 Å². The summed E-state index contributed by atoms with van der Waals surface area (Å²) < 4.78 is 5.61. The van der Waals surface area contributed by atoms with Gasteiger partial charge in [0.25, 0.3) is 0 Å². The molecule has 7 nitrogen and oxygen atoms in total. The van der Waals surface area contributed by atoms with Gasteiger partial charge in [-0.2, -0.15) is 5.26 Å². The fourth-order valence-electron chi connectivity index (χ4n) is 3.22. The van der Waals surface area contributed by atoms with E-state index in [0.29, 0.717) is 25.2 Å². The maximum Gasteiger partial charge on any atom is 0.230 e. The van der Waals surface area contributed by atoms with Crippen molar-refractivity contribution < 1.29 is 9.21 Å². The van der Waals surface area contributed by atoms with Crippen LogP contribution in [0.5, 0.6) is 0 Å². The molecular formula is C22H17N5O2S. The summed E-state index contributed by atoms with van der Waals surface area (Å²) in [4.78, 5) is 18.9. The lowest BCUT2D eigenvalue weighted by atomic mass is 10.2.